The van der Waals surface area contributed by atoms with Gasteiger partial charge < -0.3 is 48.9 Å². The first-order valence-electron chi connectivity index (χ1n) is 20.0. The summed E-state index contributed by atoms with van der Waals surface area (Å²) in [4.78, 5) is 59.5. The van der Waals surface area contributed by atoms with Crippen LogP contribution in [-0.2, 0) is 19.0 Å². The Hall–Kier alpha value is -5.50. The topological polar surface area (TPSA) is 185 Å². The highest BCUT2D eigenvalue weighted by Crippen LogP contribution is 2.33. The molecular formula is C43H45Cl2FN6O10S. The van der Waals surface area contributed by atoms with Crippen LogP contribution in [0.25, 0.3) is 11.1 Å². The average Bonchev–Trinajstić information content (AvgIpc) is 4.03. The van der Waals surface area contributed by atoms with Crippen LogP contribution in [0.2, 0.25) is 9.36 Å². The van der Waals surface area contributed by atoms with Crippen LogP contribution in [0.3, 0.4) is 0 Å². The van der Waals surface area contributed by atoms with E-state index in [1.807, 2.05) is 6.92 Å². The van der Waals surface area contributed by atoms with Crippen molar-refractivity contribution in [1.82, 2.24) is 15.2 Å². The van der Waals surface area contributed by atoms with Gasteiger partial charge in [-0.25, -0.2) is 9.18 Å². The van der Waals surface area contributed by atoms with Crippen LogP contribution >= 0.6 is 34.5 Å². The van der Waals surface area contributed by atoms with Gasteiger partial charge in [0, 0.05) is 41.7 Å². The second-order valence-electron chi connectivity index (χ2n) is 14.8. The Morgan fingerprint density at radius 1 is 1.05 bits per heavy atom. The number of hydrogen-bond donors (Lipinski definition) is 3. The molecule has 5 heterocycles. The molecule has 0 radical (unpaired) electrons. The quantitative estimate of drug-likeness (QED) is 0.113. The lowest BCUT2D eigenvalue weighted by atomic mass is 10.1. The molecule has 63 heavy (non-hydrogen) atoms. The van der Waals surface area contributed by atoms with Crippen LogP contribution in [0.4, 0.5) is 26.6 Å². The standard InChI is InChI=1S/C24H27ClFN3O5.C19H18ClN3O5S/c1-14-12-29(18(6-7-30)13-33-14)23(31)16-9-19-22(21(10-16)32-2)34-24(27-19)28-20(11-26)15-4-3-5-17(25)8-15;20-16-6-5-15(29-16)18(25)21-9-14-10-23(19(26)28-14)13-3-1-12(2-4-13)22-7-8-27-11-17(22)24/h3-5,8-10,14,18,20,30H,6-7,11-13H2,1-2H3,(H,27,28);1-6,14H,7-11H2,(H,21,25)/t14-,18-,20+;14-/m00/s1. The van der Waals surface area contributed by atoms with Gasteiger partial charge in [-0.2, -0.15) is 4.98 Å². The predicted octanol–water partition coefficient (Wildman–Crippen LogP) is 6.74. The molecular weight excluding hydrogens is 882 g/mol. The van der Waals surface area contributed by atoms with Gasteiger partial charge in [0.1, 0.15) is 24.9 Å². The molecule has 5 aromatic rings. The predicted molar refractivity (Wildman–Crippen MR) is 235 cm³/mol. The smallest absolute Gasteiger partial charge is 0.414 e. The number of fused-ring (bicyclic) bond motifs is 1. The molecule has 3 aromatic carbocycles. The van der Waals surface area contributed by atoms with E-state index in [-0.39, 0.29) is 55.6 Å². The number of anilines is 3. The number of ether oxygens (including phenoxy) is 4. The number of carbonyl (C=O) groups is 4. The summed E-state index contributed by atoms with van der Waals surface area (Å²) in [6, 6.07) is 19.7. The molecule has 3 fully saturated rings. The zero-order chi connectivity index (χ0) is 44.6. The van der Waals surface area contributed by atoms with E-state index < -0.39 is 24.9 Å². The van der Waals surface area contributed by atoms with Crippen molar-refractivity contribution < 1.29 is 52.0 Å². The molecule has 3 saturated heterocycles. The van der Waals surface area contributed by atoms with Gasteiger partial charge in [0.15, 0.2) is 11.3 Å². The number of nitrogens with zero attached hydrogens (tertiary/aromatic N) is 4. The number of aromatic nitrogens is 1. The van der Waals surface area contributed by atoms with Crippen molar-refractivity contribution in [3.63, 3.8) is 0 Å². The molecule has 3 aliphatic rings. The van der Waals surface area contributed by atoms with Gasteiger partial charge in [0.2, 0.25) is 0 Å². The van der Waals surface area contributed by atoms with Crippen molar-refractivity contribution in [3.8, 4) is 5.75 Å². The summed E-state index contributed by atoms with van der Waals surface area (Å²) < 4.78 is 41.7. The van der Waals surface area contributed by atoms with E-state index >= 15 is 0 Å². The highest BCUT2D eigenvalue weighted by atomic mass is 35.5. The number of nitrogens with one attached hydrogen (secondary N) is 2. The second kappa shape index (κ2) is 20.8. The largest absolute Gasteiger partial charge is 0.493 e. The van der Waals surface area contributed by atoms with Gasteiger partial charge >= 0.3 is 6.09 Å². The van der Waals surface area contributed by atoms with Crippen molar-refractivity contribution >= 4 is 86.8 Å². The van der Waals surface area contributed by atoms with Gasteiger partial charge in [-0.05, 0) is 79.6 Å². The van der Waals surface area contributed by atoms with Crippen LogP contribution < -0.4 is 25.2 Å². The fourth-order valence-corrected chi connectivity index (χ4v) is 8.40. The van der Waals surface area contributed by atoms with E-state index in [0.29, 0.717) is 87.2 Å². The van der Waals surface area contributed by atoms with Crippen LogP contribution in [0.5, 0.6) is 5.75 Å². The van der Waals surface area contributed by atoms with Gasteiger partial charge in [-0.15, -0.1) is 11.3 Å². The number of alkyl halides is 1. The highest BCUT2D eigenvalue weighted by molar-refractivity contribution is 7.18. The van der Waals surface area contributed by atoms with E-state index in [1.54, 1.807) is 82.6 Å². The normalized spacial score (nSPS) is 19.3. The molecule has 3 aliphatic heterocycles. The van der Waals surface area contributed by atoms with Gasteiger partial charge in [-0.3, -0.25) is 19.3 Å². The minimum Gasteiger partial charge on any atom is -0.493 e. The number of oxazole rings is 1. The fraction of sp³-hybridized carbons (Fsp3) is 0.372. The Morgan fingerprint density at radius 2 is 1.83 bits per heavy atom. The third kappa shape index (κ3) is 11.0. The monoisotopic (exact) mass is 926 g/mol. The zero-order valence-corrected chi connectivity index (χ0v) is 36.6. The number of halogens is 3. The zero-order valence-electron chi connectivity index (χ0n) is 34.3. The van der Waals surface area contributed by atoms with E-state index in [0.717, 1.165) is 5.69 Å². The number of aliphatic hydroxyl groups is 1. The molecule has 334 valence electrons. The molecule has 4 amide bonds. The van der Waals surface area contributed by atoms with Gasteiger partial charge in [0.25, 0.3) is 23.7 Å². The number of aliphatic hydroxyl groups excluding tert-OH is 1. The molecule has 4 atom stereocenters. The summed E-state index contributed by atoms with van der Waals surface area (Å²) in [5.74, 6) is -0.226. The van der Waals surface area contributed by atoms with Gasteiger partial charge in [-0.1, -0.05) is 35.3 Å². The van der Waals surface area contributed by atoms with E-state index in [4.69, 9.17) is 46.6 Å². The fourth-order valence-electron chi connectivity index (χ4n) is 7.24. The number of amides is 4. The molecule has 0 unspecified atom stereocenters. The van der Waals surface area contributed by atoms with Crippen molar-refractivity contribution in [3.05, 3.63) is 98.2 Å². The van der Waals surface area contributed by atoms with Crippen molar-refractivity contribution in [2.75, 3.05) is 81.5 Å². The molecule has 0 saturated carbocycles. The maximum Gasteiger partial charge on any atom is 0.414 e. The number of thiophene rings is 1. The summed E-state index contributed by atoms with van der Waals surface area (Å²) in [5, 5.41) is 15.6. The van der Waals surface area contributed by atoms with Gasteiger partial charge in [0.05, 0.1) is 60.8 Å². The maximum absolute atomic E-state index is 13.8. The molecule has 3 N–H and O–H groups in total. The summed E-state index contributed by atoms with van der Waals surface area (Å²) in [6.45, 7) is 3.51. The lowest BCUT2D eigenvalue weighted by molar-refractivity contribution is -0.125. The minimum atomic E-state index is -0.715. The van der Waals surface area contributed by atoms with E-state index in [9.17, 15) is 28.7 Å². The Kier molecular flexibility index (Phi) is 15.0. The first-order valence-corrected chi connectivity index (χ1v) is 21.6. The molecule has 0 bridgehead atoms. The summed E-state index contributed by atoms with van der Waals surface area (Å²) >= 11 is 13.1. The van der Waals surface area contributed by atoms with Crippen LogP contribution in [-0.4, -0.2) is 123 Å². The first kappa shape index (κ1) is 45.5. The number of rotatable bonds is 13. The number of carbonyl (C=O) groups excluding carboxylic acids is 4. The SMILES string of the molecule is COc1cc(C(=O)N2C[C@H](C)OC[C@@H]2CCO)cc2nc(N[C@H](CF)c3cccc(Cl)c3)oc12.O=C(NC[C@H]1CN(c2ccc(N3CCOCC3=O)cc2)C(=O)O1)c1ccc(Cl)s1. The summed E-state index contributed by atoms with van der Waals surface area (Å²) in [5.41, 5.74) is 3.18. The number of hydrogen-bond acceptors (Lipinski definition) is 13. The van der Waals surface area contributed by atoms with E-state index in [1.165, 1.54) is 23.3 Å². The minimum absolute atomic E-state index is 0.0464. The summed E-state index contributed by atoms with van der Waals surface area (Å²) in [7, 11) is 1.47. The lowest BCUT2D eigenvalue weighted by Gasteiger charge is -2.38. The third-order valence-corrected chi connectivity index (χ3v) is 11.9. The Bertz CT molecular complexity index is 2420. The molecule has 2 aromatic heterocycles. The van der Waals surface area contributed by atoms with Crippen LogP contribution in [0.1, 0.15) is 45.0 Å². The number of morpholine rings is 2. The maximum atomic E-state index is 13.8. The highest BCUT2D eigenvalue weighted by Gasteiger charge is 2.34. The lowest BCUT2D eigenvalue weighted by Crippen LogP contribution is -2.51. The molecule has 20 heteroatoms. The number of cyclic esters (lactones) is 1. The summed E-state index contributed by atoms with van der Waals surface area (Å²) in [6.07, 6.45) is -0.623. The second-order valence-corrected chi connectivity index (χ2v) is 16.9. The Morgan fingerprint density at radius 3 is 2.51 bits per heavy atom. The molecule has 8 rings (SSSR count). The Balaban J connectivity index is 0.000000191. The molecule has 0 aliphatic carbocycles. The van der Waals surface area contributed by atoms with Crippen LogP contribution in [0.15, 0.2) is 77.2 Å². The Labute approximate surface area is 375 Å². The number of benzene rings is 3. The van der Waals surface area contributed by atoms with Crippen molar-refractivity contribution in [1.29, 1.82) is 0 Å². The molecule has 16 nitrogen and oxygen atoms in total. The van der Waals surface area contributed by atoms with E-state index in [2.05, 4.69) is 15.6 Å². The first-order chi connectivity index (χ1) is 30.4. The van der Waals surface area contributed by atoms with Crippen molar-refractivity contribution in [2.24, 2.45) is 0 Å². The van der Waals surface area contributed by atoms with Crippen LogP contribution in [0, 0.1) is 0 Å². The van der Waals surface area contributed by atoms with Crippen molar-refractivity contribution in [2.45, 2.75) is 37.6 Å². The third-order valence-electron chi connectivity index (χ3n) is 10.4. The molecule has 0 spiro atoms. The number of methoxy groups -OCH3 is 1. The average molecular weight is 928 g/mol.